The molecule has 0 unspecified atom stereocenters. The molecule has 31 heavy (non-hydrogen) atoms. The third-order valence-electron chi connectivity index (χ3n) is 5.44. The number of halogens is 1. The molecule has 0 saturated carbocycles. The Hall–Kier alpha value is -3.99. The van der Waals surface area contributed by atoms with Gasteiger partial charge in [-0.05, 0) is 36.2 Å². The minimum atomic E-state index is -0.669. The van der Waals surface area contributed by atoms with Crippen LogP contribution in [0, 0.1) is 24.1 Å². The molecule has 0 aliphatic carbocycles. The van der Waals surface area contributed by atoms with Gasteiger partial charge < -0.3 is 10.6 Å². The summed E-state index contributed by atoms with van der Waals surface area (Å²) >= 11 is 0. The van der Waals surface area contributed by atoms with E-state index in [1.807, 2.05) is 13.0 Å². The Bertz CT molecular complexity index is 1240. The van der Waals surface area contributed by atoms with Crippen LogP contribution in [0.1, 0.15) is 32.7 Å². The standard InChI is InChI=1S/C23H20FN5O2/c1-14-9-15(5-6-17(14)12-25)10-20(30)28-7-8-29-19(13-28)21(23(26)31)22(27-29)16-3-2-4-18(24)11-16/h2-6,9,11H,7-8,10,13H2,1H3,(H2,26,31). The first-order valence-electron chi connectivity index (χ1n) is 9.80. The molecule has 2 N–H and O–H groups in total. The van der Waals surface area contributed by atoms with Crippen LogP contribution in [-0.2, 0) is 24.3 Å². The molecular weight excluding hydrogens is 397 g/mol. The molecule has 0 saturated heterocycles. The highest BCUT2D eigenvalue weighted by Crippen LogP contribution is 2.29. The number of nitriles is 1. The zero-order valence-electron chi connectivity index (χ0n) is 16.9. The second kappa shape index (κ2) is 8.03. The van der Waals surface area contributed by atoms with E-state index in [9.17, 15) is 14.0 Å². The fourth-order valence-corrected chi connectivity index (χ4v) is 3.87. The first-order chi connectivity index (χ1) is 14.9. The smallest absolute Gasteiger partial charge is 0.252 e. The zero-order valence-corrected chi connectivity index (χ0v) is 16.9. The highest BCUT2D eigenvalue weighted by Gasteiger charge is 2.29. The summed E-state index contributed by atoms with van der Waals surface area (Å²) in [6, 6.07) is 13.3. The molecule has 2 aromatic carbocycles. The first-order valence-corrected chi connectivity index (χ1v) is 9.80. The Kier molecular flexibility index (Phi) is 5.26. The van der Waals surface area contributed by atoms with E-state index >= 15 is 0 Å². The quantitative estimate of drug-likeness (QED) is 0.704. The van der Waals surface area contributed by atoms with Gasteiger partial charge >= 0.3 is 0 Å². The molecule has 1 aliphatic heterocycles. The summed E-state index contributed by atoms with van der Waals surface area (Å²) in [5, 5.41) is 13.5. The molecule has 0 fully saturated rings. The van der Waals surface area contributed by atoms with Crippen molar-refractivity contribution in [3.05, 3.63) is 76.2 Å². The zero-order chi connectivity index (χ0) is 22.1. The Morgan fingerprint density at radius 1 is 1.23 bits per heavy atom. The normalized spacial score (nSPS) is 12.9. The lowest BCUT2D eigenvalue weighted by Gasteiger charge is -2.28. The van der Waals surface area contributed by atoms with Gasteiger partial charge in [-0.3, -0.25) is 14.3 Å². The van der Waals surface area contributed by atoms with Gasteiger partial charge in [-0.1, -0.05) is 24.3 Å². The number of benzene rings is 2. The number of carbonyl (C=O) groups is 2. The van der Waals surface area contributed by atoms with E-state index < -0.39 is 11.7 Å². The SMILES string of the molecule is Cc1cc(CC(=O)N2CCn3nc(-c4cccc(F)c4)c(C(N)=O)c3C2)ccc1C#N. The minimum Gasteiger partial charge on any atom is -0.365 e. The highest BCUT2D eigenvalue weighted by molar-refractivity contribution is 6.00. The van der Waals surface area contributed by atoms with Gasteiger partial charge in [0.25, 0.3) is 5.91 Å². The molecule has 8 heteroatoms. The number of primary amides is 1. The van der Waals surface area contributed by atoms with Crippen LogP contribution in [0.15, 0.2) is 42.5 Å². The minimum absolute atomic E-state index is 0.0979. The van der Waals surface area contributed by atoms with Crippen LogP contribution in [0.25, 0.3) is 11.3 Å². The van der Waals surface area contributed by atoms with Crippen LogP contribution in [0.2, 0.25) is 0 Å². The van der Waals surface area contributed by atoms with Crippen LogP contribution in [0.5, 0.6) is 0 Å². The topological polar surface area (TPSA) is 105 Å². The van der Waals surface area contributed by atoms with Crippen LogP contribution in [-0.4, -0.2) is 33.0 Å². The van der Waals surface area contributed by atoms with E-state index in [2.05, 4.69) is 11.2 Å². The van der Waals surface area contributed by atoms with Crippen molar-refractivity contribution in [2.24, 2.45) is 5.73 Å². The predicted molar refractivity (Wildman–Crippen MR) is 111 cm³/mol. The van der Waals surface area contributed by atoms with Gasteiger partial charge in [0.05, 0.1) is 42.4 Å². The van der Waals surface area contributed by atoms with E-state index in [1.54, 1.807) is 33.8 Å². The van der Waals surface area contributed by atoms with Crippen molar-refractivity contribution in [1.82, 2.24) is 14.7 Å². The van der Waals surface area contributed by atoms with Gasteiger partial charge in [-0.15, -0.1) is 0 Å². The lowest BCUT2D eigenvalue weighted by molar-refractivity contribution is -0.132. The van der Waals surface area contributed by atoms with Crippen molar-refractivity contribution in [2.75, 3.05) is 6.54 Å². The van der Waals surface area contributed by atoms with Gasteiger partial charge in [-0.25, -0.2) is 4.39 Å². The number of fused-ring (bicyclic) bond motifs is 1. The van der Waals surface area contributed by atoms with Crippen molar-refractivity contribution < 1.29 is 14.0 Å². The van der Waals surface area contributed by atoms with Crippen LogP contribution in [0.4, 0.5) is 4.39 Å². The van der Waals surface area contributed by atoms with E-state index in [0.29, 0.717) is 35.6 Å². The number of nitrogens with two attached hydrogens (primary N) is 1. The molecule has 1 aromatic heterocycles. The summed E-state index contributed by atoms with van der Waals surface area (Å²) in [6.45, 7) is 2.86. The molecule has 1 aliphatic rings. The maximum atomic E-state index is 13.7. The summed E-state index contributed by atoms with van der Waals surface area (Å²) in [5.41, 5.74) is 9.37. The fourth-order valence-electron chi connectivity index (χ4n) is 3.87. The molecule has 3 aromatic rings. The molecule has 0 spiro atoms. The summed E-state index contributed by atoms with van der Waals surface area (Å²) in [7, 11) is 0. The lowest BCUT2D eigenvalue weighted by atomic mass is 10.0. The number of amides is 2. The number of rotatable bonds is 4. The number of aromatic nitrogens is 2. The predicted octanol–water partition coefficient (Wildman–Crippen LogP) is 2.55. The molecule has 0 radical (unpaired) electrons. The Morgan fingerprint density at radius 2 is 2.03 bits per heavy atom. The third kappa shape index (κ3) is 3.90. The monoisotopic (exact) mass is 417 g/mol. The summed E-state index contributed by atoms with van der Waals surface area (Å²) in [5.74, 6) is -1.20. The van der Waals surface area contributed by atoms with Crippen LogP contribution in [0.3, 0.4) is 0 Å². The Labute approximate surface area is 178 Å². The maximum Gasteiger partial charge on any atom is 0.252 e. The van der Waals surface area contributed by atoms with E-state index in [1.165, 1.54) is 12.1 Å². The molecule has 0 bridgehead atoms. The van der Waals surface area contributed by atoms with Crippen LogP contribution < -0.4 is 5.73 Å². The van der Waals surface area contributed by atoms with Gasteiger partial charge in [0.15, 0.2) is 0 Å². The van der Waals surface area contributed by atoms with Crippen molar-refractivity contribution in [2.45, 2.75) is 26.4 Å². The second-order valence-electron chi connectivity index (χ2n) is 7.52. The summed E-state index contributed by atoms with van der Waals surface area (Å²) in [4.78, 5) is 26.8. The van der Waals surface area contributed by atoms with Gasteiger partial charge in [0.1, 0.15) is 11.5 Å². The van der Waals surface area contributed by atoms with Crippen molar-refractivity contribution in [3.63, 3.8) is 0 Å². The highest BCUT2D eigenvalue weighted by atomic mass is 19.1. The van der Waals surface area contributed by atoms with Crippen LogP contribution >= 0.6 is 0 Å². The number of hydrogen-bond acceptors (Lipinski definition) is 4. The molecule has 2 heterocycles. The second-order valence-corrected chi connectivity index (χ2v) is 7.52. The van der Waals surface area contributed by atoms with Gasteiger partial charge in [0.2, 0.25) is 5.91 Å². The number of aryl methyl sites for hydroxylation is 1. The van der Waals surface area contributed by atoms with E-state index in [0.717, 1.165) is 11.1 Å². The number of carbonyl (C=O) groups excluding carboxylic acids is 2. The molecule has 2 amide bonds. The van der Waals surface area contributed by atoms with Crippen molar-refractivity contribution in [3.8, 4) is 17.3 Å². The maximum absolute atomic E-state index is 13.7. The van der Waals surface area contributed by atoms with Crippen molar-refractivity contribution >= 4 is 11.8 Å². The lowest BCUT2D eigenvalue weighted by Crippen LogP contribution is -2.40. The molecule has 4 rings (SSSR count). The molecule has 156 valence electrons. The Balaban J connectivity index is 1.61. The van der Waals surface area contributed by atoms with Crippen molar-refractivity contribution in [1.29, 1.82) is 5.26 Å². The summed E-state index contributed by atoms with van der Waals surface area (Å²) < 4.78 is 15.4. The molecule has 7 nitrogen and oxygen atoms in total. The van der Waals surface area contributed by atoms with Gasteiger partial charge in [0, 0.05) is 12.1 Å². The Morgan fingerprint density at radius 3 is 2.71 bits per heavy atom. The molecular formula is C23H20FN5O2. The van der Waals surface area contributed by atoms with E-state index in [-0.39, 0.29) is 24.4 Å². The fraction of sp³-hybridized carbons (Fsp3) is 0.217. The third-order valence-corrected chi connectivity index (χ3v) is 5.44. The largest absolute Gasteiger partial charge is 0.365 e. The number of nitrogens with zero attached hydrogens (tertiary/aromatic N) is 4. The average Bonchev–Trinajstić information content (AvgIpc) is 3.13. The molecule has 0 atom stereocenters. The number of hydrogen-bond donors (Lipinski definition) is 1. The van der Waals surface area contributed by atoms with Gasteiger partial charge in [-0.2, -0.15) is 10.4 Å². The first kappa shape index (κ1) is 20.3. The average molecular weight is 417 g/mol. The van der Waals surface area contributed by atoms with E-state index in [4.69, 9.17) is 11.0 Å². The summed E-state index contributed by atoms with van der Waals surface area (Å²) in [6.07, 6.45) is 0.184.